The number of amides is 1. The summed E-state index contributed by atoms with van der Waals surface area (Å²) in [6, 6.07) is 2.70. The summed E-state index contributed by atoms with van der Waals surface area (Å²) < 4.78 is 2.08. The number of aromatic nitrogens is 1. The van der Waals surface area contributed by atoms with E-state index in [2.05, 4.69) is 41.3 Å². The third kappa shape index (κ3) is 5.92. The summed E-state index contributed by atoms with van der Waals surface area (Å²) in [6.45, 7) is 10.1. The van der Waals surface area contributed by atoms with Crippen molar-refractivity contribution in [3.63, 3.8) is 0 Å². The molecule has 1 atom stereocenters. The van der Waals surface area contributed by atoms with Crippen LogP contribution in [0.4, 0.5) is 0 Å². The molecule has 4 nitrogen and oxygen atoms in total. The molecule has 1 aromatic heterocycles. The zero-order valence-corrected chi connectivity index (χ0v) is 12.6. The molecular formula is C15H27N3O. The van der Waals surface area contributed by atoms with Crippen LogP contribution in [-0.4, -0.2) is 23.1 Å². The van der Waals surface area contributed by atoms with Crippen molar-refractivity contribution in [2.45, 2.75) is 59.2 Å². The van der Waals surface area contributed by atoms with Crippen LogP contribution in [0.15, 0.2) is 18.5 Å². The Morgan fingerprint density at radius 2 is 2.11 bits per heavy atom. The minimum absolute atomic E-state index is 0.113. The second-order valence-electron chi connectivity index (χ2n) is 5.33. The summed E-state index contributed by atoms with van der Waals surface area (Å²) in [7, 11) is 0. The van der Waals surface area contributed by atoms with Gasteiger partial charge in [0.15, 0.2) is 0 Å². The lowest BCUT2D eigenvalue weighted by atomic mass is 10.2. The Morgan fingerprint density at radius 3 is 2.74 bits per heavy atom. The first-order valence-corrected chi connectivity index (χ1v) is 7.21. The fourth-order valence-electron chi connectivity index (χ4n) is 1.96. The minimum atomic E-state index is 0.113. The van der Waals surface area contributed by atoms with Crippen LogP contribution in [0, 0.1) is 0 Å². The quantitative estimate of drug-likeness (QED) is 0.758. The van der Waals surface area contributed by atoms with Crippen LogP contribution in [0.1, 0.15) is 52.1 Å². The van der Waals surface area contributed by atoms with E-state index < -0.39 is 0 Å². The Labute approximate surface area is 116 Å². The molecule has 0 aliphatic rings. The Kier molecular flexibility index (Phi) is 6.64. The highest BCUT2D eigenvalue weighted by Gasteiger charge is 2.07. The third-order valence-corrected chi connectivity index (χ3v) is 3.02. The normalized spacial score (nSPS) is 12.7. The molecule has 4 heteroatoms. The average Bonchev–Trinajstić information content (AvgIpc) is 2.81. The second kappa shape index (κ2) is 8.00. The van der Waals surface area contributed by atoms with E-state index in [1.807, 2.05) is 20.0 Å². The minimum Gasteiger partial charge on any atom is -0.354 e. The average molecular weight is 265 g/mol. The van der Waals surface area contributed by atoms with Crippen molar-refractivity contribution in [2.75, 3.05) is 6.54 Å². The molecule has 0 aliphatic heterocycles. The van der Waals surface area contributed by atoms with E-state index in [4.69, 9.17) is 0 Å². The zero-order chi connectivity index (χ0) is 14.3. The van der Waals surface area contributed by atoms with E-state index >= 15 is 0 Å². The summed E-state index contributed by atoms with van der Waals surface area (Å²) in [4.78, 5) is 11.6. The molecule has 1 heterocycles. The fourth-order valence-corrected chi connectivity index (χ4v) is 1.96. The molecule has 0 fully saturated rings. The van der Waals surface area contributed by atoms with E-state index in [-0.39, 0.29) is 11.9 Å². The summed E-state index contributed by atoms with van der Waals surface area (Å²) in [5.74, 6) is 0.113. The second-order valence-corrected chi connectivity index (χ2v) is 5.33. The van der Waals surface area contributed by atoms with Gasteiger partial charge >= 0.3 is 0 Å². The van der Waals surface area contributed by atoms with Gasteiger partial charge in [0.25, 0.3) is 0 Å². The lowest BCUT2D eigenvalue weighted by Gasteiger charge is -2.11. The molecule has 0 aromatic carbocycles. The molecule has 1 rings (SSSR count). The van der Waals surface area contributed by atoms with Gasteiger partial charge in [-0.1, -0.05) is 6.92 Å². The molecule has 1 unspecified atom stereocenters. The fraction of sp³-hybridized carbons (Fsp3) is 0.667. The number of nitrogens with zero attached hydrogens (tertiary/aromatic N) is 1. The van der Waals surface area contributed by atoms with E-state index in [0.29, 0.717) is 12.5 Å². The largest absolute Gasteiger partial charge is 0.354 e. The topological polar surface area (TPSA) is 46.1 Å². The van der Waals surface area contributed by atoms with Crippen molar-refractivity contribution >= 4 is 5.91 Å². The number of hydrogen-bond donors (Lipinski definition) is 2. The molecule has 0 radical (unpaired) electrons. The van der Waals surface area contributed by atoms with Crippen LogP contribution in [0.5, 0.6) is 0 Å². The van der Waals surface area contributed by atoms with Crippen molar-refractivity contribution in [3.8, 4) is 0 Å². The van der Waals surface area contributed by atoms with E-state index in [1.54, 1.807) is 0 Å². The van der Waals surface area contributed by atoms with Crippen LogP contribution < -0.4 is 10.6 Å². The van der Waals surface area contributed by atoms with Gasteiger partial charge in [-0.15, -0.1) is 0 Å². The Hall–Kier alpha value is -1.29. The van der Waals surface area contributed by atoms with Crippen molar-refractivity contribution in [1.82, 2.24) is 15.2 Å². The predicted molar refractivity (Wildman–Crippen MR) is 79.0 cm³/mol. The van der Waals surface area contributed by atoms with Gasteiger partial charge in [0.2, 0.25) is 5.91 Å². The maximum Gasteiger partial charge on any atom is 0.221 e. The van der Waals surface area contributed by atoms with Gasteiger partial charge in [-0.3, -0.25) is 4.79 Å². The lowest BCUT2D eigenvalue weighted by molar-refractivity contribution is -0.121. The first kappa shape index (κ1) is 15.8. The van der Waals surface area contributed by atoms with E-state index in [1.165, 1.54) is 5.56 Å². The van der Waals surface area contributed by atoms with Crippen LogP contribution in [-0.2, 0) is 11.3 Å². The molecule has 0 saturated carbocycles. The highest BCUT2D eigenvalue weighted by Crippen LogP contribution is 2.12. The SMILES string of the molecule is CCCNC(C)c1ccn(CCC(=O)NC(C)C)c1. The van der Waals surface area contributed by atoms with Crippen molar-refractivity contribution in [1.29, 1.82) is 0 Å². The molecule has 1 aromatic rings. The smallest absolute Gasteiger partial charge is 0.221 e. The Balaban J connectivity index is 2.40. The summed E-state index contributed by atoms with van der Waals surface area (Å²) in [6.07, 6.45) is 5.83. The standard InChI is InChI=1S/C15H27N3O/c1-5-8-16-13(4)14-6-9-18(11-14)10-7-15(19)17-12(2)3/h6,9,11-13,16H,5,7-8,10H2,1-4H3,(H,17,19). The summed E-state index contributed by atoms with van der Waals surface area (Å²) >= 11 is 0. The van der Waals surface area contributed by atoms with Gasteiger partial charge in [-0.05, 0) is 45.4 Å². The van der Waals surface area contributed by atoms with E-state index in [0.717, 1.165) is 19.5 Å². The molecule has 2 N–H and O–H groups in total. The van der Waals surface area contributed by atoms with Crippen LogP contribution >= 0.6 is 0 Å². The van der Waals surface area contributed by atoms with Gasteiger partial charge < -0.3 is 15.2 Å². The maximum absolute atomic E-state index is 11.6. The molecule has 0 bridgehead atoms. The van der Waals surface area contributed by atoms with Gasteiger partial charge in [-0.2, -0.15) is 0 Å². The van der Waals surface area contributed by atoms with Crippen molar-refractivity contribution < 1.29 is 4.79 Å². The molecule has 0 spiro atoms. The summed E-state index contributed by atoms with van der Waals surface area (Å²) in [5, 5.41) is 6.37. The number of carbonyl (C=O) groups is 1. The number of rotatable bonds is 8. The number of carbonyl (C=O) groups excluding carboxylic acids is 1. The number of nitrogens with one attached hydrogen (secondary N) is 2. The van der Waals surface area contributed by atoms with Crippen LogP contribution in [0.3, 0.4) is 0 Å². The zero-order valence-electron chi connectivity index (χ0n) is 12.6. The van der Waals surface area contributed by atoms with Gasteiger partial charge in [0, 0.05) is 37.4 Å². The van der Waals surface area contributed by atoms with Crippen molar-refractivity contribution in [3.05, 3.63) is 24.0 Å². The number of aryl methyl sites for hydroxylation is 1. The maximum atomic E-state index is 11.6. The Morgan fingerprint density at radius 1 is 1.37 bits per heavy atom. The molecule has 0 saturated heterocycles. The first-order valence-electron chi connectivity index (χ1n) is 7.21. The molecule has 1 amide bonds. The Bertz CT molecular complexity index is 384. The first-order chi connectivity index (χ1) is 9.02. The monoisotopic (exact) mass is 265 g/mol. The predicted octanol–water partition coefficient (Wildman–Crippen LogP) is 2.46. The van der Waals surface area contributed by atoms with Gasteiger partial charge in [0.1, 0.15) is 0 Å². The highest BCUT2D eigenvalue weighted by molar-refractivity contribution is 5.76. The molecular weight excluding hydrogens is 238 g/mol. The van der Waals surface area contributed by atoms with E-state index in [9.17, 15) is 4.79 Å². The third-order valence-electron chi connectivity index (χ3n) is 3.02. The molecule has 19 heavy (non-hydrogen) atoms. The number of hydrogen-bond acceptors (Lipinski definition) is 2. The van der Waals surface area contributed by atoms with Crippen molar-refractivity contribution in [2.24, 2.45) is 0 Å². The van der Waals surface area contributed by atoms with Gasteiger partial charge in [-0.25, -0.2) is 0 Å². The molecule has 0 aliphatic carbocycles. The lowest BCUT2D eigenvalue weighted by Crippen LogP contribution is -2.30. The van der Waals surface area contributed by atoms with Crippen LogP contribution in [0.2, 0.25) is 0 Å². The van der Waals surface area contributed by atoms with Gasteiger partial charge in [0.05, 0.1) is 0 Å². The summed E-state index contributed by atoms with van der Waals surface area (Å²) in [5.41, 5.74) is 1.28. The van der Waals surface area contributed by atoms with Crippen LogP contribution in [0.25, 0.3) is 0 Å². The highest BCUT2D eigenvalue weighted by atomic mass is 16.1. The molecule has 108 valence electrons.